The van der Waals surface area contributed by atoms with Gasteiger partial charge in [0.15, 0.2) is 0 Å². The number of benzene rings is 3. The van der Waals surface area contributed by atoms with Crippen molar-refractivity contribution in [2.45, 2.75) is 13.8 Å². The molecule has 1 amide bonds. The maximum Gasteiger partial charge on any atom is 0.261 e. The third-order valence-electron chi connectivity index (χ3n) is 4.93. The Bertz CT molecular complexity index is 1170. The number of anilines is 1. The van der Waals surface area contributed by atoms with E-state index in [1.54, 1.807) is 30.0 Å². The summed E-state index contributed by atoms with van der Waals surface area (Å²) in [5.41, 5.74) is 2.21. The van der Waals surface area contributed by atoms with Gasteiger partial charge in [0.05, 0.1) is 17.5 Å². The Morgan fingerprint density at radius 3 is 2.50 bits per heavy atom. The van der Waals surface area contributed by atoms with Gasteiger partial charge in [-0.25, -0.2) is 9.07 Å². The molecule has 0 aliphatic heterocycles. The first kappa shape index (κ1) is 17.9. The molecule has 4 aromatic rings. The summed E-state index contributed by atoms with van der Waals surface area (Å²) in [6.45, 7) is 4.23. The minimum atomic E-state index is -0.380. The molecule has 140 valence electrons. The average Bonchev–Trinajstić information content (AvgIpc) is 3.10. The monoisotopic (exact) mass is 373 g/mol. The minimum Gasteiger partial charge on any atom is -0.309 e. The fourth-order valence-corrected chi connectivity index (χ4v) is 3.42. The lowest BCUT2D eigenvalue weighted by Gasteiger charge is -2.21. The molecular weight excluding hydrogens is 353 g/mol. The number of nitrogens with zero attached hydrogens (tertiary/aromatic N) is 3. The highest BCUT2D eigenvalue weighted by Gasteiger charge is 2.22. The lowest BCUT2D eigenvalue weighted by molar-refractivity contribution is 0.0987. The van der Waals surface area contributed by atoms with E-state index in [0.29, 0.717) is 23.5 Å². The Morgan fingerprint density at radius 2 is 1.75 bits per heavy atom. The Balaban J connectivity index is 1.72. The summed E-state index contributed by atoms with van der Waals surface area (Å²) in [7, 11) is 0. The maximum atomic E-state index is 14.1. The van der Waals surface area contributed by atoms with E-state index in [-0.39, 0.29) is 11.7 Å². The third-order valence-corrected chi connectivity index (χ3v) is 4.93. The van der Waals surface area contributed by atoms with Crippen LogP contribution in [0.3, 0.4) is 0 Å². The van der Waals surface area contributed by atoms with Crippen molar-refractivity contribution in [3.8, 4) is 5.69 Å². The van der Waals surface area contributed by atoms with Gasteiger partial charge in [-0.05, 0) is 48.9 Å². The molecule has 1 heterocycles. The fraction of sp³-hybridized carbons (Fsp3) is 0.130. The van der Waals surface area contributed by atoms with E-state index in [1.807, 2.05) is 49.4 Å². The predicted molar refractivity (Wildman–Crippen MR) is 110 cm³/mol. The van der Waals surface area contributed by atoms with E-state index in [4.69, 9.17) is 0 Å². The smallest absolute Gasteiger partial charge is 0.261 e. The molecule has 0 bridgehead atoms. The number of hydrogen-bond donors (Lipinski definition) is 0. The first-order valence-electron chi connectivity index (χ1n) is 9.20. The van der Waals surface area contributed by atoms with E-state index in [1.165, 1.54) is 16.9 Å². The number of carbonyl (C=O) groups is 1. The van der Waals surface area contributed by atoms with Crippen LogP contribution in [0.25, 0.3) is 16.5 Å². The quantitative estimate of drug-likeness (QED) is 0.497. The lowest BCUT2D eigenvalue weighted by Crippen LogP contribution is -2.31. The highest BCUT2D eigenvalue weighted by Crippen LogP contribution is 2.25. The molecule has 5 heteroatoms. The number of aromatic nitrogens is 2. The summed E-state index contributed by atoms with van der Waals surface area (Å²) in [5, 5.41) is 6.45. The van der Waals surface area contributed by atoms with Crippen molar-refractivity contribution in [1.82, 2.24) is 9.78 Å². The molecule has 1 aromatic heterocycles. The van der Waals surface area contributed by atoms with Crippen LogP contribution in [-0.2, 0) is 0 Å². The molecule has 0 saturated carbocycles. The number of rotatable bonds is 4. The van der Waals surface area contributed by atoms with Gasteiger partial charge in [-0.2, -0.15) is 5.10 Å². The topological polar surface area (TPSA) is 38.1 Å². The van der Waals surface area contributed by atoms with Crippen LogP contribution in [0.5, 0.6) is 0 Å². The zero-order valence-electron chi connectivity index (χ0n) is 15.8. The SMILES string of the molecule is CCN(C(=O)c1cnn(-c2ccccc2F)c1C)c1ccc2ccccc2c1. The van der Waals surface area contributed by atoms with Crippen LogP contribution in [0.15, 0.2) is 72.9 Å². The fourth-order valence-electron chi connectivity index (χ4n) is 3.42. The van der Waals surface area contributed by atoms with Crippen molar-refractivity contribution in [2.24, 2.45) is 0 Å². The molecule has 28 heavy (non-hydrogen) atoms. The Kier molecular flexibility index (Phi) is 4.65. The van der Waals surface area contributed by atoms with Crippen LogP contribution in [0.4, 0.5) is 10.1 Å². The molecule has 0 unspecified atom stereocenters. The second-order valence-electron chi connectivity index (χ2n) is 6.59. The van der Waals surface area contributed by atoms with Gasteiger partial charge in [0, 0.05) is 12.2 Å². The molecule has 4 nitrogen and oxygen atoms in total. The molecule has 0 spiro atoms. The van der Waals surface area contributed by atoms with Gasteiger partial charge in [-0.3, -0.25) is 4.79 Å². The van der Waals surface area contributed by atoms with Crippen LogP contribution in [0.1, 0.15) is 23.0 Å². The predicted octanol–water partition coefficient (Wildman–Crippen LogP) is 5.14. The van der Waals surface area contributed by atoms with Crippen molar-refractivity contribution in [2.75, 3.05) is 11.4 Å². The number of carbonyl (C=O) groups excluding carboxylic acids is 1. The van der Waals surface area contributed by atoms with Crippen molar-refractivity contribution in [3.63, 3.8) is 0 Å². The van der Waals surface area contributed by atoms with Gasteiger partial charge < -0.3 is 4.90 Å². The first-order chi connectivity index (χ1) is 13.6. The molecule has 4 rings (SSSR count). The zero-order chi connectivity index (χ0) is 19.7. The van der Waals surface area contributed by atoms with Gasteiger partial charge in [-0.15, -0.1) is 0 Å². The number of hydrogen-bond acceptors (Lipinski definition) is 2. The molecule has 0 atom stereocenters. The van der Waals surface area contributed by atoms with E-state index >= 15 is 0 Å². The summed E-state index contributed by atoms with van der Waals surface area (Å²) < 4.78 is 15.6. The maximum absolute atomic E-state index is 14.1. The Labute approximate surface area is 162 Å². The van der Waals surface area contributed by atoms with E-state index in [2.05, 4.69) is 5.10 Å². The second kappa shape index (κ2) is 7.27. The zero-order valence-corrected chi connectivity index (χ0v) is 15.8. The molecular formula is C23H20FN3O. The van der Waals surface area contributed by atoms with Gasteiger partial charge in [0.2, 0.25) is 0 Å². The summed E-state index contributed by atoms with van der Waals surface area (Å²) in [6, 6.07) is 20.4. The van der Waals surface area contributed by atoms with Crippen LogP contribution >= 0.6 is 0 Å². The van der Waals surface area contributed by atoms with Crippen molar-refractivity contribution >= 4 is 22.4 Å². The standard InChI is InChI=1S/C23H20FN3O/c1-3-26(19-13-12-17-8-4-5-9-18(17)14-19)23(28)20-15-25-27(16(20)2)22-11-7-6-10-21(22)24/h4-15H,3H2,1-2H3. The second-order valence-corrected chi connectivity index (χ2v) is 6.59. The summed E-state index contributed by atoms with van der Waals surface area (Å²) in [6.07, 6.45) is 1.51. The van der Waals surface area contributed by atoms with E-state index < -0.39 is 0 Å². The van der Waals surface area contributed by atoms with Crippen molar-refractivity contribution in [1.29, 1.82) is 0 Å². The third kappa shape index (κ3) is 3.05. The largest absolute Gasteiger partial charge is 0.309 e. The highest BCUT2D eigenvalue weighted by molar-refractivity contribution is 6.07. The number of fused-ring (bicyclic) bond motifs is 1. The number of para-hydroxylation sites is 1. The lowest BCUT2D eigenvalue weighted by atomic mass is 10.1. The van der Waals surface area contributed by atoms with Crippen LogP contribution in [0.2, 0.25) is 0 Å². The molecule has 3 aromatic carbocycles. The molecule has 0 aliphatic carbocycles. The van der Waals surface area contributed by atoms with Crippen LogP contribution in [-0.4, -0.2) is 22.2 Å². The molecule has 0 radical (unpaired) electrons. The van der Waals surface area contributed by atoms with Crippen LogP contribution in [0, 0.1) is 12.7 Å². The van der Waals surface area contributed by atoms with Gasteiger partial charge in [-0.1, -0.05) is 42.5 Å². The minimum absolute atomic E-state index is 0.155. The normalized spacial score (nSPS) is 11.0. The highest BCUT2D eigenvalue weighted by atomic mass is 19.1. The van der Waals surface area contributed by atoms with Gasteiger partial charge >= 0.3 is 0 Å². The number of amides is 1. The van der Waals surface area contributed by atoms with Crippen molar-refractivity contribution in [3.05, 3.63) is 90.0 Å². The molecule has 0 saturated heterocycles. The van der Waals surface area contributed by atoms with Crippen molar-refractivity contribution < 1.29 is 9.18 Å². The van der Waals surface area contributed by atoms with E-state index in [0.717, 1.165) is 16.5 Å². The summed E-state index contributed by atoms with van der Waals surface area (Å²) >= 11 is 0. The first-order valence-corrected chi connectivity index (χ1v) is 9.20. The Hall–Kier alpha value is -3.47. The summed E-state index contributed by atoms with van der Waals surface area (Å²) in [5.74, 6) is -0.535. The average molecular weight is 373 g/mol. The Morgan fingerprint density at radius 1 is 1.04 bits per heavy atom. The molecule has 0 aliphatic rings. The molecule has 0 N–H and O–H groups in total. The van der Waals surface area contributed by atoms with E-state index in [9.17, 15) is 9.18 Å². The van der Waals surface area contributed by atoms with Gasteiger partial charge in [0.25, 0.3) is 5.91 Å². The van der Waals surface area contributed by atoms with Crippen LogP contribution < -0.4 is 4.90 Å². The molecule has 0 fully saturated rings. The number of halogens is 1. The van der Waals surface area contributed by atoms with Gasteiger partial charge in [0.1, 0.15) is 11.5 Å². The summed E-state index contributed by atoms with van der Waals surface area (Å²) in [4.78, 5) is 15.0.